The van der Waals surface area contributed by atoms with Gasteiger partial charge in [-0.2, -0.15) is 0 Å². The minimum atomic E-state index is -1.07. The molecule has 0 aromatic heterocycles. The van der Waals surface area contributed by atoms with Crippen LogP contribution in [0.5, 0.6) is 0 Å². The molecule has 0 saturated carbocycles. The van der Waals surface area contributed by atoms with E-state index in [9.17, 15) is 14.7 Å². The number of fused-ring (bicyclic) bond motifs is 1. The van der Waals surface area contributed by atoms with Gasteiger partial charge < -0.3 is 19.8 Å². The van der Waals surface area contributed by atoms with Gasteiger partial charge in [0.15, 0.2) is 0 Å². The fourth-order valence-electron chi connectivity index (χ4n) is 2.54. The van der Waals surface area contributed by atoms with Crippen LogP contribution in [0.4, 0.5) is 0 Å². The van der Waals surface area contributed by atoms with Crippen molar-refractivity contribution >= 4 is 23.6 Å². The van der Waals surface area contributed by atoms with Gasteiger partial charge in [0.2, 0.25) is 0 Å². The molecule has 7 heteroatoms. The molecule has 0 bridgehead atoms. The van der Waals surface area contributed by atoms with Gasteiger partial charge in [-0.1, -0.05) is 12.7 Å². The SMILES string of the molecule is C=CCOC(=O)[C@@H]1N2C(=O)/C(=C/[C@H](O)CO)[C@H]2SC1(C)C. The maximum atomic E-state index is 12.2. The molecular formula is C14H19NO5S. The molecule has 6 nitrogen and oxygen atoms in total. The number of thioether (sulfide) groups is 1. The van der Waals surface area contributed by atoms with Gasteiger partial charge in [-0.15, -0.1) is 11.8 Å². The Kier molecular flexibility index (Phi) is 4.46. The summed E-state index contributed by atoms with van der Waals surface area (Å²) in [7, 11) is 0. The van der Waals surface area contributed by atoms with Crippen LogP contribution in [0.25, 0.3) is 0 Å². The molecule has 0 aromatic rings. The van der Waals surface area contributed by atoms with Crippen molar-refractivity contribution in [3.8, 4) is 0 Å². The molecule has 116 valence electrons. The van der Waals surface area contributed by atoms with E-state index in [-0.39, 0.29) is 17.9 Å². The Morgan fingerprint density at radius 2 is 2.29 bits per heavy atom. The highest BCUT2D eigenvalue weighted by molar-refractivity contribution is 8.01. The van der Waals surface area contributed by atoms with Crippen LogP contribution in [-0.2, 0) is 14.3 Å². The van der Waals surface area contributed by atoms with Crippen molar-refractivity contribution in [1.82, 2.24) is 4.90 Å². The average Bonchev–Trinajstić information content (AvgIpc) is 2.70. The third-order valence-electron chi connectivity index (χ3n) is 3.48. The number of hydrogen-bond acceptors (Lipinski definition) is 6. The minimum absolute atomic E-state index is 0.106. The first-order valence-electron chi connectivity index (χ1n) is 6.62. The summed E-state index contributed by atoms with van der Waals surface area (Å²) in [5, 5.41) is 18.0. The lowest BCUT2D eigenvalue weighted by Crippen LogP contribution is -2.59. The topological polar surface area (TPSA) is 87.1 Å². The van der Waals surface area contributed by atoms with E-state index in [4.69, 9.17) is 9.84 Å². The van der Waals surface area contributed by atoms with Gasteiger partial charge >= 0.3 is 5.97 Å². The fourth-order valence-corrected chi connectivity index (χ4v) is 4.09. The molecule has 2 rings (SSSR count). The Bertz CT molecular complexity index is 502. The number of esters is 1. The summed E-state index contributed by atoms with van der Waals surface area (Å²) in [6.07, 6.45) is 1.76. The van der Waals surface area contributed by atoms with Crippen molar-refractivity contribution in [2.45, 2.75) is 36.1 Å². The first kappa shape index (κ1) is 16.1. The zero-order valence-electron chi connectivity index (χ0n) is 12.0. The van der Waals surface area contributed by atoms with Crippen LogP contribution in [-0.4, -0.2) is 62.5 Å². The Balaban J connectivity index is 2.20. The minimum Gasteiger partial charge on any atom is -0.460 e. The van der Waals surface area contributed by atoms with Crippen molar-refractivity contribution < 1.29 is 24.5 Å². The Morgan fingerprint density at radius 1 is 1.62 bits per heavy atom. The predicted octanol–water partition coefficient (Wildman–Crippen LogP) is 0.0575. The monoisotopic (exact) mass is 313 g/mol. The number of rotatable bonds is 5. The third-order valence-corrected chi connectivity index (χ3v) is 5.01. The zero-order valence-corrected chi connectivity index (χ0v) is 12.8. The molecule has 0 aliphatic carbocycles. The maximum Gasteiger partial charge on any atom is 0.330 e. The van der Waals surface area contributed by atoms with Crippen LogP contribution in [0, 0.1) is 0 Å². The summed E-state index contributed by atoms with van der Waals surface area (Å²) < 4.78 is 4.59. The van der Waals surface area contributed by atoms with Crippen molar-refractivity contribution in [2.75, 3.05) is 13.2 Å². The number of ether oxygens (including phenoxy) is 1. The van der Waals surface area contributed by atoms with E-state index in [1.807, 2.05) is 13.8 Å². The van der Waals surface area contributed by atoms with E-state index in [2.05, 4.69) is 6.58 Å². The van der Waals surface area contributed by atoms with Crippen molar-refractivity contribution in [1.29, 1.82) is 0 Å². The molecule has 0 unspecified atom stereocenters. The third kappa shape index (κ3) is 2.73. The quantitative estimate of drug-likeness (QED) is 0.323. The van der Waals surface area contributed by atoms with Crippen molar-refractivity contribution in [3.05, 3.63) is 24.3 Å². The van der Waals surface area contributed by atoms with Gasteiger partial charge in [0.05, 0.1) is 12.7 Å². The first-order valence-corrected chi connectivity index (χ1v) is 7.50. The Morgan fingerprint density at radius 3 is 2.86 bits per heavy atom. The number of aliphatic hydroxyl groups is 2. The number of amides is 1. The number of β-lactam (4-membered cyclic amide) rings is 1. The lowest BCUT2D eigenvalue weighted by molar-refractivity contribution is -0.156. The second-order valence-corrected chi connectivity index (χ2v) is 7.21. The molecule has 3 atom stereocenters. The predicted molar refractivity (Wildman–Crippen MR) is 78.4 cm³/mol. The Labute approximate surface area is 127 Å². The van der Waals surface area contributed by atoms with E-state index in [0.29, 0.717) is 5.57 Å². The lowest BCUT2D eigenvalue weighted by Gasteiger charge is -2.39. The van der Waals surface area contributed by atoms with Crippen LogP contribution in [0.1, 0.15) is 13.8 Å². The fraction of sp³-hybridized carbons (Fsp3) is 0.571. The number of hydrogen-bond donors (Lipinski definition) is 2. The van der Waals surface area contributed by atoms with Gasteiger partial charge in [-0.3, -0.25) is 4.79 Å². The molecular weight excluding hydrogens is 294 g/mol. The molecule has 2 N–H and O–H groups in total. The summed E-state index contributed by atoms with van der Waals surface area (Å²) in [5.74, 6) is -0.754. The van der Waals surface area contributed by atoms with E-state index < -0.39 is 29.5 Å². The largest absolute Gasteiger partial charge is 0.460 e. The molecule has 2 fully saturated rings. The van der Waals surface area contributed by atoms with E-state index in [1.165, 1.54) is 28.8 Å². The highest BCUT2D eigenvalue weighted by Gasteiger charge is 2.61. The Hall–Kier alpha value is -1.31. The van der Waals surface area contributed by atoms with E-state index in [0.717, 1.165) is 0 Å². The summed E-state index contributed by atoms with van der Waals surface area (Å²) in [6.45, 7) is 6.91. The van der Waals surface area contributed by atoms with Crippen LogP contribution in [0.2, 0.25) is 0 Å². The molecule has 2 heterocycles. The molecule has 2 aliphatic rings. The second-order valence-electron chi connectivity index (χ2n) is 5.48. The molecule has 0 spiro atoms. The summed E-state index contributed by atoms with van der Waals surface area (Å²) in [6, 6.07) is -0.664. The molecule has 2 aliphatic heterocycles. The lowest BCUT2D eigenvalue weighted by atomic mass is 9.95. The average molecular weight is 313 g/mol. The number of carbonyl (C=O) groups excluding carboxylic acids is 2. The number of nitrogens with zero attached hydrogens (tertiary/aromatic N) is 1. The smallest absolute Gasteiger partial charge is 0.330 e. The summed E-state index contributed by atoms with van der Waals surface area (Å²) in [4.78, 5) is 25.8. The summed E-state index contributed by atoms with van der Waals surface area (Å²) >= 11 is 1.47. The summed E-state index contributed by atoms with van der Waals surface area (Å²) in [5.41, 5.74) is 0.425. The van der Waals surface area contributed by atoms with Crippen LogP contribution in [0.3, 0.4) is 0 Å². The van der Waals surface area contributed by atoms with Gasteiger partial charge in [-0.05, 0) is 19.9 Å². The molecule has 21 heavy (non-hydrogen) atoms. The van der Waals surface area contributed by atoms with Crippen LogP contribution >= 0.6 is 11.8 Å². The maximum absolute atomic E-state index is 12.2. The number of carbonyl (C=O) groups is 2. The highest BCUT2D eigenvalue weighted by atomic mass is 32.2. The molecule has 2 saturated heterocycles. The van der Waals surface area contributed by atoms with Gasteiger partial charge in [0.1, 0.15) is 18.0 Å². The van der Waals surface area contributed by atoms with E-state index >= 15 is 0 Å². The van der Waals surface area contributed by atoms with Crippen LogP contribution < -0.4 is 0 Å². The normalized spacial score (nSPS) is 29.8. The number of aliphatic hydroxyl groups excluding tert-OH is 2. The molecule has 1 amide bonds. The highest BCUT2D eigenvalue weighted by Crippen LogP contribution is 2.53. The van der Waals surface area contributed by atoms with Gasteiger partial charge in [0.25, 0.3) is 5.91 Å². The first-order chi connectivity index (χ1) is 9.83. The van der Waals surface area contributed by atoms with Crippen molar-refractivity contribution in [3.63, 3.8) is 0 Å². The molecule has 0 aromatic carbocycles. The van der Waals surface area contributed by atoms with Crippen molar-refractivity contribution in [2.24, 2.45) is 0 Å². The van der Waals surface area contributed by atoms with Gasteiger partial charge in [0, 0.05) is 10.3 Å². The van der Waals surface area contributed by atoms with Crippen LogP contribution in [0.15, 0.2) is 24.3 Å². The second kappa shape index (κ2) is 5.82. The van der Waals surface area contributed by atoms with E-state index in [1.54, 1.807) is 0 Å². The van der Waals surface area contributed by atoms with Gasteiger partial charge in [-0.25, -0.2) is 4.79 Å². The molecule has 0 radical (unpaired) electrons. The zero-order chi connectivity index (χ0) is 15.8. The standard InChI is InChI=1S/C14H19NO5S/c1-4-5-20-13(19)10-14(2,3)21-12-9(6-8(17)7-16)11(18)15(10)12/h4,6,8,10,12,16-17H,1,5,7H2,2-3H3/b9-6-/t8-,10-,12+/m0/s1.